The van der Waals surface area contributed by atoms with Crippen molar-refractivity contribution in [1.82, 2.24) is 4.90 Å². The average molecular weight is 416 g/mol. The SMILES string of the molecule is CC(O)c1ccc2c(c1)C(N1CCC(O)(c3ccccc3)CC1)c1ccccc1CO2. The van der Waals surface area contributed by atoms with E-state index in [2.05, 4.69) is 35.2 Å². The minimum atomic E-state index is -0.789. The lowest BCUT2D eigenvalue weighted by Crippen LogP contribution is -2.44. The molecule has 2 N–H and O–H groups in total. The third kappa shape index (κ3) is 3.76. The first-order chi connectivity index (χ1) is 15.0. The Hall–Kier alpha value is -2.66. The molecule has 0 radical (unpaired) electrons. The molecule has 0 aliphatic carbocycles. The van der Waals surface area contributed by atoms with Crippen LogP contribution in [0.5, 0.6) is 5.75 Å². The van der Waals surface area contributed by atoms with E-state index in [1.54, 1.807) is 6.92 Å². The van der Waals surface area contributed by atoms with Crippen LogP contribution < -0.4 is 4.74 Å². The highest BCUT2D eigenvalue weighted by Crippen LogP contribution is 2.43. The van der Waals surface area contributed by atoms with Gasteiger partial charge in [-0.1, -0.05) is 60.7 Å². The maximum atomic E-state index is 11.3. The van der Waals surface area contributed by atoms with Gasteiger partial charge in [-0.15, -0.1) is 0 Å². The van der Waals surface area contributed by atoms with Gasteiger partial charge >= 0.3 is 0 Å². The number of fused-ring (bicyclic) bond motifs is 2. The fraction of sp³-hybridized carbons (Fsp3) is 0.333. The van der Waals surface area contributed by atoms with Crippen molar-refractivity contribution in [2.75, 3.05) is 13.1 Å². The van der Waals surface area contributed by atoms with Crippen molar-refractivity contribution in [3.63, 3.8) is 0 Å². The van der Waals surface area contributed by atoms with Crippen LogP contribution in [0.15, 0.2) is 72.8 Å². The molecule has 3 aromatic rings. The molecular weight excluding hydrogens is 386 g/mol. The molecule has 2 aliphatic rings. The number of hydrogen-bond acceptors (Lipinski definition) is 4. The largest absolute Gasteiger partial charge is 0.489 e. The maximum Gasteiger partial charge on any atom is 0.124 e. The van der Waals surface area contributed by atoms with Gasteiger partial charge in [0, 0.05) is 18.7 Å². The van der Waals surface area contributed by atoms with Crippen LogP contribution in [-0.2, 0) is 12.2 Å². The first-order valence-electron chi connectivity index (χ1n) is 11.1. The van der Waals surface area contributed by atoms with Gasteiger partial charge in [0.1, 0.15) is 12.4 Å². The highest BCUT2D eigenvalue weighted by molar-refractivity contribution is 5.48. The van der Waals surface area contributed by atoms with Crippen molar-refractivity contribution >= 4 is 0 Å². The first-order valence-corrected chi connectivity index (χ1v) is 11.1. The van der Waals surface area contributed by atoms with Gasteiger partial charge in [-0.2, -0.15) is 0 Å². The van der Waals surface area contributed by atoms with E-state index >= 15 is 0 Å². The van der Waals surface area contributed by atoms with Crippen molar-refractivity contribution in [3.05, 3.63) is 101 Å². The van der Waals surface area contributed by atoms with Crippen LogP contribution >= 0.6 is 0 Å². The minimum absolute atomic E-state index is 0.0349. The fourth-order valence-corrected chi connectivity index (χ4v) is 5.01. The number of aliphatic hydroxyl groups excluding tert-OH is 1. The molecule has 31 heavy (non-hydrogen) atoms. The zero-order valence-corrected chi connectivity index (χ0v) is 17.9. The Bertz CT molecular complexity index is 1060. The number of likely N-dealkylation sites (tertiary alicyclic amines) is 1. The second-order valence-electron chi connectivity index (χ2n) is 8.80. The van der Waals surface area contributed by atoms with Gasteiger partial charge in [-0.25, -0.2) is 0 Å². The summed E-state index contributed by atoms with van der Waals surface area (Å²) in [6.45, 7) is 3.89. The number of nitrogens with zero attached hydrogens (tertiary/aromatic N) is 1. The highest BCUT2D eigenvalue weighted by Gasteiger charge is 2.38. The number of aliphatic hydroxyl groups is 2. The molecular formula is C27H29NO3. The molecule has 0 bridgehead atoms. The van der Waals surface area contributed by atoms with Crippen molar-refractivity contribution < 1.29 is 14.9 Å². The summed E-state index contributed by atoms with van der Waals surface area (Å²) in [6.07, 6.45) is 0.832. The number of benzene rings is 3. The zero-order valence-electron chi connectivity index (χ0n) is 17.9. The Morgan fingerprint density at radius 1 is 0.935 bits per heavy atom. The van der Waals surface area contributed by atoms with E-state index in [0.717, 1.165) is 35.5 Å². The Labute approximate surface area is 183 Å². The molecule has 0 spiro atoms. The molecule has 1 fully saturated rings. The summed E-state index contributed by atoms with van der Waals surface area (Å²) in [6, 6.07) is 24.5. The predicted molar refractivity (Wildman–Crippen MR) is 121 cm³/mol. The van der Waals surface area contributed by atoms with Crippen LogP contribution in [-0.4, -0.2) is 28.2 Å². The lowest BCUT2D eigenvalue weighted by atomic mass is 9.82. The molecule has 2 aliphatic heterocycles. The second-order valence-corrected chi connectivity index (χ2v) is 8.80. The van der Waals surface area contributed by atoms with Gasteiger partial charge in [0.15, 0.2) is 0 Å². The lowest BCUT2D eigenvalue weighted by Gasteiger charge is -2.42. The molecule has 1 saturated heterocycles. The number of piperidine rings is 1. The van der Waals surface area contributed by atoms with Crippen LogP contribution in [0.25, 0.3) is 0 Å². The van der Waals surface area contributed by atoms with E-state index in [1.165, 1.54) is 11.1 Å². The van der Waals surface area contributed by atoms with Crippen LogP contribution in [0.3, 0.4) is 0 Å². The summed E-state index contributed by atoms with van der Waals surface area (Å²) in [5.41, 5.74) is 4.62. The zero-order chi connectivity index (χ0) is 21.4. The highest BCUT2D eigenvalue weighted by atomic mass is 16.5. The summed E-state index contributed by atoms with van der Waals surface area (Å²) in [5.74, 6) is 0.870. The molecule has 2 unspecified atom stereocenters. The average Bonchev–Trinajstić information content (AvgIpc) is 2.97. The van der Waals surface area contributed by atoms with E-state index in [0.29, 0.717) is 19.4 Å². The van der Waals surface area contributed by atoms with Crippen molar-refractivity contribution in [1.29, 1.82) is 0 Å². The smallest absolute Gasteiger partial charge is 0.124 e. The summed E-state index contributed by atoms with van der Waals surface area (Å²) in [4.78, 5) is 2.45. The van der Waals surface area contributed by atoms with Crippen molar-refractivity contribution in [3.8, 4) is 5.75 Å². The lowest BCUT2D eigenvalue weighted by molar-refractivity contribution is -0.0325. The molecule has 2 atom stereocenters. The van der Waals surface area contributed by atoms with Crippen LogP contribution in [0.4, 0.5) is 0 Å². The Morgan fingerprint density at radius 2 is 1.65 bits per heavy atom. The molecule has 4 heteroatoms. The van der Waals surface area contributed by atoms with Gasteiger partial charge in [-0.3, -0.25) is 4.90 Å². The number of ether oxygens (including phenoxy) is 1. The molecule has 2 heterocycles. The normalized spacial score (nSPS) is 21.3. The molecule has 0 amide bonds. The second kappa shape index (κ2) is 8.12. The minimum Gasteiger partial charge on any atom is -0.489 e. The summed E-state index contributed by atoms with van der Waals surface area (Å²) in [5, 5.41) is 21.5. The molecule has 5 rings (SSSR count). The Balaban J connectivity index is 1.52. The summed E-state index contributed by atoms with van der Waals surface area (Å²) < 4.78 is 6.18. The van der Waals surface area contributed by atoms with Crippen LogP contribution in [0.1, 0.15) is 59.7 Å². The van der Waals surface area contributed by atoms with Crippen LogP contribution in [0.2, 0.25) is 0 Å². The van der Waals surface area contributed by atoms with E-state index in [1.807, 2.05) is 42.5 Å². The molecule has 0 aromatic heterocycles. The van der Waals surface area contributed by atoms with Crippen molar-refractivity contribution in [2.24, 2.45) is 0 Å². The molecule has 3 aromatic carbocycles. The van der Waals surface area contributed by atoms with Gasteiger partial charge in [-0.05, 0) is 54.2 Å². The molecule has 0 saturated carbocycles. The van der Waals surface area contributed by atoms with Gasteiger partial charge in [0.2, 0.25) is 0 Å². The third-order valence-corrected chi connectivity index (χ3v) is 6.85. The monoisotopic (exact) mass is 415 g/mol. The van der Waals surface area contributed by atoms with Crippen LogP contribution in [0, 0.1) is 0 Å². The topological polar surface area (TPSA) is 52.9 Å². The van der Waals surface area contributed by atoms with Gasteiger partial charge in [0.05, 0.1) is 17.7 Å². The molecule has 160 valence electrons. The van der Waals surface area contributed by atoms with E-state index in [9.17, 15) is 10.2 Å². The van der Waals surface area contributed by atoms with Crippen molar-refractivity contribution in [2.45, 2.75) is 44.1 Å². The summed E-state index contributed by atoms with van der Waals surface area (Å²) in [7, 11) is 0. The third-order valence-electron chi connectivity index (χ3n) is 6.85. The number of hydrogen-bond donors (Lipinski definition) is 2. The Morgan fingerprint density at radius 3 is 2.39 bits per heavy atom. The standard InChI is InChI=1S/C27H29NO3/c1-19(29)20-11-12-25-24(17-20)26(23-10-6-5-7-21(23)18-31-25)28-15-13-27(30,14-16-28)22-8-3-2-4-9-22/h2-12,17,19,26,29-30H,13-16,18H2,1H3. The van der Waals surface area contributed by atoms with E-state index < -0.39 is 11.7 Å². The van der Waals surface area contributed by atoms with E-state index in [4.69, 9.17) is 4.74 Å². The summed E-state index contributed by atoms with van der Waals surface area (Å²) >= 11 is 0. The quantitative estimate of drug-likeness (QED) is 0.651. The Kier molecular flexibility index (Phi) is 5.30. The predicted octanol–water partition coefficient (Wildman–Crippen LogP) is 4.71. The maximum absolute atomic E-state index is 11.3. The van der Waals surface area contributed by atoms with Gasteiger partial charge < -0.3 is 14.9 Å². The number of rotatable bonds is 3. The first kappa shape index (κ1) is 20.3. The molecule has 4 nitrogen and oxygen atoms in total. The van der Waals surface area contributed by atoms with Gasteiger partial charge in [0.25, 0.3) is 0 Å². The van der Waals surface area contributed by atoms with E-state index in [-0.39, 0.29) is 6.04 Å². The fourth-order valence-electron chi connectivity index (χ4n) is 5.01.